The lowest BCUT2D eigenvalue weighted by molar-refractivity contribution is -0.385. The first-order valence-electron chi connectivity index (χ1n) is 3.60. The number of nitro groups is 1. The van der Waals surface area contributed by atoms with Gasteiger partial charge in [-0.05, 0) is 0 Å². The van der Waals surface area contributed by atoms with E-state index in [9.17, 15) is 18.9 Å². The number of pyridine rings is 1. The van der Waals surface area contributed by atoms with E-state index in [0.29, 0.717) is 6.20 Å². The van der Waals surface area contributed by atoms with Gasteiger partial charge in [0.15, 0.2) is 5.56 Å². The molecule has 15 heavy (non-hydrogen) atoms. The first kappa shape index (κ1) is 10.8. The van der Waals surface area contributed by atoms with Gasteiger partial charge in [-0.1, -0.05) is 0 Å². The van der Waals surface area contributed by atoms with E-state index in [4.69, 9.17) is 11.0 Å². The summed E-state index contributed by atoms with van der Waals surface area (Å²) in [5.41, 5.74) is 2.42. The van der Waals surface area contributed by atoms with Gasteiger partial charge < -0.3 is 5.73 Å². The number of nitrogens with two attached hydrogens (primary N) is 1. The summed E-state index contributed by atoms with van der Waals surface area (Å²) in [4.78, 5) is 12.6. The van der Waals surface area contributed by atoms with Gasteiger partial charge in [-0.15, -0.1) is 0 Å². The van der Waals surface area contributed by atoms with Gasteiger partial charge in [-0.2, -0.15) is 5.26 Å². The Morgan fingerprint density at radius 1 is 1.67 bits per heavy atom. The van der Waals surface area contributed by atoms with Crippen LogP contribution >= 0.6 is 0 Å². The normalized spacial score (nSPS) is 10.0. The molecule has 0 fully saturated rings. The van der Waals surface area contributed by atoms with E-state index >= 15 is 0 Å². The molecule has 0 aliphatic rings. The summed E-state index contributed by atoms with van der Waals surface area (Å²) >= 11 is 0. The molecule has 0 unspecified atom stereocenters. The second-order valence-electron chi connectivity index (χ2n) is 2.49. The molecule has 0 radical (unpaired) electrons. The van der Waals surface area contributed by atoms with E-state index in [2.05, 4.69) is 4.98 Å². The second kappa shape index (κ2) is 3.83. The molecule has 1 aromatic heterocycles. The highest BCUT2D eigenvalue weighted by Crippen LogP contribution is 2.30. The van der Waals surface area contributed by atoms with Gasteiger partial charge in [-0.25, -0.2) is 13.8 Å². The molecule has 0 atom stereocenters. The Balaban J connectivity index is 3.48. The number of hydrogen-bond acceptors (Lipinski definition) is 5. The third-order valence-corrected chi connectivity index (χ3v) is 1.64. The molecule has 0 saturated carbocycles. The molecule has 8 heteroatoms. The summed E-state index contributed by atoms with van der Waals surface area (Å²) in [5, 5.41) is 18.9. The maximum atomic E-state index is 12.3. The first-order valence-corrected chi connectivity index (χ1v) is 3.60. The topological polar surface area (TPSA) is 106 Å². The summed E-state index contributed by atoms with van der Waals surface area (Å²) in [7, 11) is 0. The Morgan fingerprint density at radius 3 is 2.67 bits per heavy atom. The van der Waals surface area contributed by atoms with Crippen LogP contribution in [0.15, 0.2) is 6.20 Å². The quantitative estimate of drug-likeness (QED) is 0.591. The van der Waals surface area contributed by atoms with Crippen molar-refractivity contribution in [1.82, 2.24) is 4.98 Å². The molecular formula is C7H4F2N4O2. The average molecular weight is 214 g/mol. The standard InChI is InChI=1S/C7H4F2N4O2/c8-7(9)6-5(11)3(1-10)4(2-12-6)13(14)15/h2,7H,11H2. The van der Waals surface area contributed by atoms with Crippen LogP contribution in [0.2, 0.25) is 0 Å². The fourth-order valence-electron chi connectivity index (χ4n) is 0.961. The number of hydrogen-bond donors (Lipinski definition) is 1. The molecule has 0 aromatic carbocycles. The Morgan fingerprint density at radius 2 is 2.27 bits per heavy atom. The summed E-state index contributed by atoms with van der Waals surface area (Å²) in [6.07, 6.45) is -2.38. The van der Waals surface area contributed by atoms with Crippen LogP contribution in [0, 0.1) is 21.4 Å². The summed E-state index contributed by atoms with van der Waals surface area (Å²) < 4.78 is 24.5. The fourth-order valence-corrected chi connectivity index (χ4v) is 0.961. The van der Waals surface area contributed by atoms with Gasteiger partial charge in [0, 0.05) is 0 Å². The van der Waals surface area contributed by atoms with Crippen molar-refractivity contribution in [2.45, 2.75) is 6.43 Å². The van der Waals surface area contributed by atoms with Crippen molar-refractivity contribution in [1.29, 1.82) is 5.26 Å². The van der Waals surface area contributed by atoms with E-state index in [0.717, 1.165) is 0 Å². The molecule has 2 N–H and O–H groups in total. The number of anilines is 1. The summed E-state index contributed by atoms with van der Waals surface area (Å²) in [6, 6.07) is 1.40. The second-order valence-corrected chi connectivity index (χ2v) is 2.49. The van der Waals surface area contributed by atoms with Gasteiger partial charge in [0.05, 0.1) is 10.6 Å². The lowest BCUT2D eigenvalue weighted by Crippen LogP contribution is -2.04. The van der Waals surface area contributed by atoms with E-state index in [1.807, 2.05) is 0 Å². The summed E-state index contributed by atoms with van der Waals surface area (Å²) in [6.45, 7) is 0. The highest BCUT2D eigenvalue weighted by Gasteiger charge is 2.24. The maximum Gasteiger partial charge on any atom is 0.307 e. The van der Waals surface area contributed by atoms with Crippen LogP contribution in [0.3, 0.4) is 0 Å². The monoisotopic (exact) mass is 214 g/mol. The number of nitrogens with zero attached hydrogens (tertiary/aromatic N) is 3. The smallest absolute Gasteiger partial charge is 0.307 e. The average Bonchev–Trinajstić information content (AvgIpc) is 2.16. The molecule has 0 aliphatic heterocycles. The lowest BCUT2D eigenvalue weighted by atomic mass is 10.1. The number of alkyl halides is 2. The van der Waals surface area contributed by atoms with E-state index in [1.165, 1.54) is 6.07 Å². The third-order valence-electron chi connectivity index (χ3n) is 1.64. The predicted molar refractivity (Wildman–Crippen MR) is 45.0 cm³/mol. The Hall–Kier alpha value is -2.30. The maximum absolute atomic E-state index is 12.3. The molecule has 1 heterocycles. The Bertz CT molecular complexity index is 455. The van der Waals surface area contributed by atoms with Crippen molar-refractivity contribution >= 4 is 11.4 Å². The minimum atomic E-state index is -2.97. The number of rotatable bonds is 2. The molecule has 1 aromatic rings. The van der Waals surface area contributed by atoms with Crippen LogP contribution in [0.5, 0.6) is 0 Å². The van der Waals surface area contributed by atoms with Crippen molar-refractivity contribution < 1.29 is 13.7 Å². The largest absolute Gasteiger partial charge is 0.396 e. The molecule has 0 aliphatic carbocycles. The SMILES string of the molecule is N#Cc1c([N+](=O)[O-])cnc(C(F)F)c1N. The zero-order valence-electron chi connectivity index (χ0n) is 7.15. The highest BCUT2D eigenvalue weighted by molar-refractivity contribution is 5.65. The van der Waals surface area contributed by atoms with Gasteiger partial charge in [-0.3, -0.25) is 10.1 Å². The third kappa shape index (κ3) is 1.80. The Kier molecular flexibility index (Phi) is 2.75. The van der Waals surface area contributed by atoms with Crippen LogP contribution in [-0.4, -0.2) is 9.91 Å². The molecule has 6 nitrogen and oxygen atoms in total. The minimum Gasteiger partial charge on any atom is -0.396 e. The van der Waals surface area contributed by atoms with Gasteiger partial charge >= 0.3 is 5.69 Å². The number of halogens is 2. The number of nitrogen functional groups attached to an aromatic ring is 1. The van der Waals surface area contributed by atoms with E-state index in [1.54, 1.807) is 0 Å². The molecule has 1 rings (SSSR count). The van der Waals surface area contributed by atoms with Gasteiger partial charge in [0.1, 0.15) is 18.0 Å². The van der Waals surface area contributed by atoms with Crippen molar-refractivity contribution in [3.8, 4) is 6.07 Å². The molecule has 0 saturated heterocycles. The van der Waals surface area contributed by atoms with Crippen LogP contribution in [0.4, 0.5) is 20.2 Å². The fraction of sp³-hybridized carbons (Fsp3) is 0.143. The molecular weight excluding hydrogens is 210 g/mol. The van der Waals surface area contributed by atoms with E-state index < -0.39 is 34.0 Å². The van der Waals surface area contributed by atoms with Gasteiger partial charge in [0.2, 0.25) is 0 Å². The zero-order chi connectivity index (χ0) is 11.6. The van der Waals surface area contributed by atoms with Crippen LogP contribution in [-0.2, 0) is 0 Å². The Labute approximate surface area is 82.1 Å². The van der Waals surface area contributed by atoms with Crippen molar-refractivity contribution in [2.24, 2.45) is 0 Å². The molecule has 78 valence electrons. The van der Waals surface area contributed by atoms with Crippen molar-refractivity contribution in [3.63, 3.8) is 0 Å². The predicted octanol–water partition coefficient (Wildman–Crippen LogP) is 1.38. The highest BCUT2D eigenvalue weighted by atomic mass is 19.3. The van der Waals surface area contributed by atoms with Crippen LogP contribution in [0.1, 0.15) is 17.7 Å². The van der Waals surface area contributed by atoms with E-state index in [-0.39, 0.29) is 0 Å². The molecule has 0 amide bonds. The van der Waals surface area contributed by atoms with Gasteiger partial charge in [0.25, 0.3) is 6.43 Å². The van der Waals surface area contributed by atoms with Crippen molar-refractivity contribution in [2.75, 3.05) is 5.73 Å². The van der Waals surface area contributed by atoms with Crippen LogP contribution in [0.25, 0.3) is 0 Å². The minimum absolute atomic E-state index is 0.592. The van der Waals surface area contributed by atoms with Crippen LogP contribution < -0.4 is 5.73 Å². The number of nitriles is 1. The van der Waals surface area contributed by atoms with Crippen molar-refractivity contribution in [3.05, 3.63) is 27.6 Å². The zero-order valence-corrected chi connectivity index (χ0v) is 7.15. The first-order chi connectivity index (χ1) is 6.99. The molecule has 0 bridgehead atoms. The lowest BCUT2D eigenvalue weighted by Gasteiger charge is -2.04. The summed E-state index contributed by atoms with van der Waals surface area (Å²) in [5.74, 6) is 0. The molecule has 0 spiro atoms. The number of aromatic nitrogens is 1.